The van der Waals surface area contributed by atoms with Gasteiger partial charge in [0, 0.05) is 18.9 Å². The van der Waals surface area contributed by atoms with Crippen molar-refractivity contribution in [3.8, 4) is 0 Å². The van der Waals surface area contributed by atoms with Gasteiger partial charge in [-0.05, 0) is 30.2 Å². The summed E-state index contributed by atoms with van der Waals surface area (Å²) in [6.07, 6.45) is 4.49. The lowest BCUT2D eigenvalue weighted by Crippen LogP contribution is -2.31. The summed E-state index contributed by atoms with van der Waals surface area (Å²) in [5.41, 5.74) is 2.59. The minimum atomic E-state index is -0.191. The number of amidine groups is 1. The lowest BCUT2D eigenvalue weighted by atomic mass is 10.2. The molecule has 126 valence electrons. The molecule has 0 aliphatic carbocycles. The highest BCUT2D eigenvalue weighted by Crippen LogP contribution is 2.14. The zero-order valence-corrected chi connectivity index (χ0v) is 14.2. The Kier molecular flexibility index (Phi) is 4.34. The Labute approximate surface area is 147 Å². The van der Waals surface area contributed by atoms with Gasteiger partial charge in [-0.2, -0.15) is 0 Å². The van der Waals surface area contributed by atoms with Crippen molar-refractivity contribution in [3.63, 3.8) is 0 Å². The van der Waals surface area contributed by atoms with Gasteiger partial charge in [0.15, 0.2) is 11.0 Å². The number of nitrogens with zero attached hydrogens (tertiary/aromatic N) is 4. The van der Waals surface area contributed by atoms with Crippen molar-refractivity contribution in [3.05, 3.63) is 64.8 Å². The predicted molar refractivity (Wildman–Crippen MR) is 101 cm³/mol. The van der Waals surface area contributed by atoms with Crippen LogP contribution in [-0.4, -0.2) is 37.8 Å². The van der Waals surface area contributed by atoms with Crippen LogP contribution in [-0.2, 0) is 6.42 Å². The van der Waals surface area contributed by atoms with Crippen molar-refractivity contribution in [1.29, 1.82) is 0 Å². The number of aromatic amines is 1. The van der Waals surface area contributed by atoms with E-state index in [0.717, 1.165) is 29.2 Å². The Morgan fingerprint density at radius 2 is 2.12 bits per heavy atom. The number of rotatable bonds is 3. The number of imidazole rings is 1. The fourth-order valence-corrected chi connectivity index (χ4v) is 3.42. The number of thioether (sulfide) groups is 1. The molecule has 7 nitrogen and oxygen atoms in total. The summed E-state index contributed by atoms with van der Waals surface area (Å²) in [5, 5.41) is 12.5. The molecule has 1 aliphatic rings. The third kappa shape index (κ3) is 3.34. The normalized spacial score (nSPS) is 14.2. The maximum atomic E-state index is 12.2. The van der Waals surface area contributed by atoms with Gasteiger partial charge in [-0.1, -0.05) is 30.0 Å². The quantitative estimate of drug-likeness (QED) is 0.753. The van der Waals surface area contributed by atoms with Crippen LogP contribution in [0.2, 0.25) is 0 Å². The lowest BCUT2D eigenvalue weighted by Gasteiger charge is -2.13. The molecule has 0 saturated heterocycles. The summed E-state index contributed by atoms with van der Waals surface area (Å²) >= 11 is 1.54. The number of hydrogen-bond acceptors (Lipinski definition) is 6. The van der Waals surface area contributed by atoms with E-state index in [0.29, 0.717) is 11.6 Å². The molecule has 3 heterocycles. The summed E-state index contributed by atoms with van der Waals surface area (Å²) in [6.45, 7) is 0.759. The summed E-state index contributed by atoms with van der Waals surface area (Å²) in [5.74, 6) is 1.21. The van der Waals surface area contributed by atoms with Crippen molar-refractivity contribution < 1.29 is 0 Å². The van der Waals surface area contributed by atoms with Gasteiger partial charge >= 0.3 is 5.69 Å². The standard InChI is InChI=1S/C17H16N6OS/c24-17-20-13-5-1-2-6-14(13)23(17)15-11-25-16(22-21-15)19-9-7-12-4-3-8-18-10-12/h1-6,8,10H,7,9,11H2,(H,19,22)(H,20,24). The molecule has 2 aromatic heterocycles. The second-order valence-electron chi connectivity index (χ2n) is 5.53. The number of H-pyrrole nitrogens is 1. The Morgan fingerprint density at radius 3 is 2.92 bits per heavy atom. The molecule has 1 aliphatic heterocycles. The van der Waals surface area contributed by atoms with Crippen molar-refractivity contribution in [2.45, 2.75) is 6.42 Å². The average Bonchev–Trinajstić information content (AvgIpc) is 2.99. The van der Waals surface area contributed by atoms with E-state index >= 15 is 0 Å². The van der Waals surface area contributed by atoms with Gasteiger partial charge in [0.25, 0.3) is 0 Å². The van der Waals surface area contributed by atoms with Crippen LogP contribution in [0.4, 0.5) is 0 Å². The third-order valence-corrected chi connectivity index (χ3v) is 4.76. The number of benzene rings is 1. The van der Waals surface area contributed by atoms with Crippen LogP contribution in [0, 0.1) is 0 Å². The molecular formula is C17H16N6OS. The van der Waals surface area contributed by atoms with Crippen LogP contribution in [0.5, 0.6) is 0 Å². The van der Waals surface area contributed by atoms with Crippen LogP contribution in [0.1, 0.15) is 5.56 Å². The molecule has 0 unspecified atom stereocenters. The predicted octanol–water partition coefficient (Wildman–Crippen LogP) is 1.82. The molecule has 25 heavy (non-hydrogen) atoms. The van der Waals surface area contributed by atoms with E-state index in [1.54, 1.807) is 22.5 Å². The molecule has 0 atom stereocenters. The van der Waals surface area contributed by atoms with Crippen molar-refractivity contribution in [1.82, 2.24) is 19.9 Å². The maximum Gasteiger partial charge on any atom is 0.332 e. The Morgan fingerprint density at radius 1 is 1.20 bits per heavy atom. The van der Waals surface area contributed by atoms with Crippen molar-refractivity contribution >= 4 is 33.8 Å². The fraction of sp³-hybridized carbons (Fsp3) is 0.176. The molecule has 0 saturated carbocycles. The summed E-state index contributed by atoms with van der Waals surface area (Å²) in [6, 6.07) is 11.5. The smallest absolute Gasteiger partial charge is 0.332 e. The van der Waals surface area contributed by atoms with Crippen LogP contribution >= 0.6 is 11.8 Å². The zero-order chi connectivity index (χ0) is 17.1. The topological polar surface area (TPSA) is 87.4 Å². The van der Waals surface area contributed by atoms with E-state index in [1.165, 1.54) is 5.56 Å². The lowest BCUT2D eigenvalue weighted by molar-refractivity contribution is 0.864. The van der Waals surface area contributed by atoms with Gasteiger partial charge < -0.3 is 10.3 Å². The number of pyridine rings is 1. The zero-order valence-electron chi connectivity index (χ0n) is 13.3. The highest BCUT2D eigenvalue weighted by atomic mass is 32.2. The molecule has 8 heteroatoms. The Balaban J connectivity index is 1.47. The van der Waals surface area contributed by atoms with Gasteiger partial charge in [0.1, 0.15) is 0 Å². The summed E-state index contributed by atoms with van der Waals surface area (Å²) < 4.78 is 1.58. The Bertz CT molecular complexity index is 1000. The average molecular weight is 352 g/mol. The van der Waals surface area contributed by atoms with Gasteiger partial charge in [-0.3, -0.25) is 4.98 Å². The van der Waals surface area contributed by atoms with E-state index in [4.69, 9.17) is 0 Å². The first-order valence-corrected chi connectivity index (χ1v) is 8.90. The number of para-hydroxylation sites is 2. The SMILES string of the molecule is O=c1[nH]c2ccccc2n1C1=NN=C(NCCc2cccnc2)SC1. The van der Waals surface area contributed by atoms with E-state index in [2.05, 4.69) is 25.5 Å². The molecular weight excluding hydrogens is 336 g/mol. The number of nitrogens with one attached hydrogen (secondary N) is 2. The van der Waals surface area contributed by atoms with Crippen LogP contribution in [0.15, 0.2) is 63.8 Å². The summed E-state index contributed by atoms with van der Waals surface area (Å²) in [7, 11) is 0. The van der Waals surface area contributed by atoms with Gasteiger partial charge in [0.05, 0.1) is 16.8 Å². The minimum Gasteiger partial charge on any atom is -0.363 e. The molecule has 0 fully saturated rings. The van der Waals surface area contributed by atoms with E-state index in [1.807, 2.05) is 42.6 Å². The van der Waals surface area contributed by atoms with Gasteiger partial charge in [-0.25, -0.2) is 9.36 Å². The minimum absolute atomic E-state index is 0.191. The van der Waals surface area contributed by atoms with Crippen LogP contribution in [0.3, 0.4) is 0 Å². The van der Waals surface area contributed by atoms with E-state index < -0.39 is 0 Å². The highest BCUT2D eigenvalue weighted by Gasteiger charge is 2.16. The van der Waals surface area contributed by atoms with Crippen molar-refractivity contribution in [2.75, 3.05) is 12.3 Å². The van der Waals surface area contributed by atoms with Gasteiger partial charge in [0.2, 0.25) is 0 Å². The largest absolute Gasteiger partial charge is 0.363 e. The molecule has 0 amide bonds. The Hall–Kier alpha value is -2.87. The maximum absolute atomic E-state index is 12.2. The van der Waals surface area contributed by atoms with Gasteiger partial charge in [-0.15, -0.1) is 10.2 Å². The second kappa shape index (κ2) is 6.94. The molecule has 4 rings (SSSR count). The van der Waals surface area contributed by atoms with E-state index in [-0.39, 0.29) is 5.69 Å². The molecule has 0 radical (unpaired) electrons. The first-order chi connectivity index (χ1) is 12.3. The van der Waals surface area contributed by atoms with Crippen LogP contribution < -0.4 is 11.0 Å². The first kappa shape index (κ1) is 15.6. The second-order valence-corrected chi connectivity index (χ2v) is 6.49. The monoisotopic (exact) mass is 352 g/mol. The molecule has 3 aromatic rings. The molecule has 1 aromatic carbocycles. The fourth-order valence-electron chi connectivity index (χ4n) is 2.66. The molecule has 2 N–H and O–H groups in total. The first-order valence-electron chi connectivity index (χ1n) is 7.91. The number of fused-ring (bicyclic) bond motifs is 1. The highest BCUT2D eigenvalue weighted by molar-refractivity contribution is 8.14. The van der Waals surface area contributed by atoms with E-state index in [9.17, 15) is 4.79 Å². The van der Waals surface area contributed by atoms with Crippen molar-refractivity contribution in [2.24, 2.45) is 10.2 Å². The summed E-state index contributed by atoms with van der Waals surface area (Å²) in [4.78, 5) is 19.1. The number of hydrogen-bond donors (Lipinski definition) is 2. The third-order valence-electron chi connectivity index (χ3n) is 3.85. The van der Waals surface area contributed by atoms with Crippen LogP contribution in [0.25, 0.3) is 11.0 Å². The molecule has 0 bridgehead atoms. The number of aromatic nitrogens is 3. The molecule has 0 spiro atoms.